The maximum Gasteiger partial charge on any atom is 0.416 e. The molecule has 0 saturated heterocycles. The SMILES string of the molecule is CC(=O)N(c1cccc(C(F)(F)F)c1)c1nc(COC(=O)c2cc(Cl)c3c(c2)OCO3)cs1. The number of hydrogen-bond acceptors (Lipinski definition) is 7. The van der Waals surface area contributed by atoms with Gasteiger partial charge in [-0.1, -0.05) is 17.7 Å². The van der Waals surface area contributed by atoms with Crippen LogP contribution in [0, 0.1) is 0 Å². The Bertz CT molecular complexity index is 1230. The van der Waals surface area contributed by atoms with Crippen molar-refractivity contribution in [2.75, 3.05) is 11.7 Å². The Labute approximate surface area is 194 Å². The fourth-order valence-corrected chi connectivity index (χ4v) is 4.16. The summed E-state index contributed by atoms with van der Waals surface area (Å²) in [4.78, 5) is 29.9. The molecule has 0 spiro atoms. The molecule has 1 aromatic heterocycles. The first-order valence-corrected chi connectivity index (χ1v) is 10.6. The number of halogens is 4. The number of rotatable bonds is 5. The molecule has 4 rings (SSSR count). The van der Waals surface area contributed by atoms with E-state index in [4.69, 9.17) is 25.8 Å². The van der Waals surface area contributed by atoms with Crippen molar-refractivity contribution in [3.8, 4) is 11.5 Å². The lowest BCUT2D eigenvalue weighted by atomic mass is 10.2. The summed E-state index contributed by atoms with van der Waals surface area (Å²) in [5.41, 5.74) is -0.410. The van der Waals surface area contributed by atoms with Crippen LogP contribution in [-0.2, 0) is 22.3 Å². The third-order valence-corrected chi connectivity index (χ3v) is 5.65. The summed E-state index contributed by atoms with van der Waals surface area (Å²) >= 11 is 7.09. The molecule has 1 aliphatic rings. The number of alkyl halides is 3. The molecule has 0 N–H and O–H groups in total. The minimum Gasteiger partial charge on any atom is -0.456 e. The Hall–Kier alpha value is -3.31. The zero-order valence-corrected chi connectivity index (χ0v) is 18.4. The second-order valence-corrected chi connectivity index (χ2v) is 8.04. The molecule has 0 radical (unpaired) electrons. The van der Waals surface area contributed by atoms with Gasteiger partial charge in [-0.25, -0.2) is 9.78 Å². The van der Waals surface area contributed by atoms with E-state index in [0.29, 0.717) is 17.2 Å². The number of thiazole rings is 1. The van der Waals surface area contributed by atoms with Crippen LogP contribution in [0.15, 0.2) is 41.8 Å². The zero-order valence-electron chi connectivity index (χ0n) is 16.8. The molecule has 0 saturated carbocycles. The van der Waals surface area contributed by atoms with E-state index in [-0.39, 0.29) is 34.8 Å². The van der Waals surface area contributed by atoms with Crippen molar-refractivity contribution in [3.05, 3.63) is 63.6 Å². The first-order valence-electron chi connectivity index (χ1n) is 9.32. The van der Waals surface area contributed by atoms with E-state index in [1.165, 1.54) is 31.2 Å². The molecule has 33 heavy (non-hydrogen) atoms. The number of carbonyl (C=O) groups is 2. The molecular formula is C21H14ClF3N2O5S. The molecule has 172 valence electrons. The molecule has 0 unspecified atom stereocenters. The van der Waals surface area contributed by atoms with Crippen molar-refractivity contribution in [3.63, 3.8) is 0 Å². The van der Waals surface area contributed by atoms with Crippen LogP contribution in [0.25, 0.3) is 0 Å². The molecule has 0 bridgehead atoms. The van der Waals surface area contributed by atoms with Gasteiger partial charge in [-0.3, -0.25) is 9.69 Å². The second-order valence-electron chi connectivity index (χ2n) is 6.79. The number of esters is 1. The summed E-state index contributed by atoms with van der Waals surface area (Å²) in [5, 5.41) is 1.88. The first kappa shape index (κ1) is 22.9. The van der Waals surface area contributed by atoms with Gasteiger partial charge in [-0.15, -0.1) is 11.3 Å². The average Bonchev–Trinajstić information content (AvgIpc) is 3.41. The predicted molar refractivity (Wildman–Crippen MR) is 113 cm³/mol. The van der Waals surface area contributed by atoms with Gasteiger partial charge in [0.05, 0.1) is 27.5 Å². The van der Waals surface area contributed by atoms with Gasteiger partial charge < -0.3 is 14.2 Å². The van der Waals surface area contributed by atoms with Crippen LogP contribution in [0.1, 0.15) is 28.5 Å². The quantitative estimate of drug-likeness (QED) is 0.427. The van der Waals surface area contributed by atoms with Crippen molar-refractivity contribution >= 4 is 45.6 Å². The number of aromatic nitrogens is 1. The Morgan fingerprint density at radius 2 is 2.03 bits per heavy atom. The molecule has 0 fully saturated rings. The summed E-state index contributed by atoms with van der Waals surface area (Å²) in [7, 11) is 0. The van der Waals surface area contributed by atoms with E-state index < -0.39 is 23.6 Å². The van der Waals surface area contributed by atoms with Gasteiger partial charge in [-0.2, -0.15) is 13.2 Å². The third kappa shape index (κ3) is 4.88. The number of ether oxygens (including phenoxy) is 3. The van der Waals surface area contributed by atoms with E-state index in [0.717, 1.165) is 28.4 Å². The van der Waals surface area contributed by atoms with E-state index >= 15 is 0 Å². The Balaban J connectivity index is 1.49. The lowest BCUT2D eigenvalue weighted by molar-refractivity contribution is -0.137. The van der Waals surface area contributed by atoms with Gasteiger partial charge in [0.15, 0.2) is 16.6 Å². The van der Waals surface area contributed by atoms with Crippen LogP contribution in [0.4, 0.5) is 24.0 Å². The molecule has 3 aromatic rings. The maximum atomic E-state index is 13.1. The largest absolute Gasteiger partial charge is 0.456 e. The topological polar surface area (TPSA) is 78.0 Å². The monoisotopic (exact) mass is 498 g/mol. The summed E-state index contributed by atoms with van der Waals surface area (Å²) in [6, 6.07) is 7.19. The molecule has 1 aliphatic heterocycles. The Morgan fingerprint density at radius 1 is 1.24 bits per heavy atom. The van der Waals surface area contributed by atoms with Crippen LogP contribution >= 0.6 is 22.9 Å². The third-order valence-electron chi connectivity index (χ3n) is 4.49. The van der Waals surface area contributed by atoms with Crippen LogP contribution in [0.2, 0.25) is 5.02 Å². The van der Waals surface area contributed by atoms with Crippen LogP contribution in [-0.4, -0.2) is 23.7 Å². The average molecular weight is 499 g/mol. The number of hydrogen-bond donors (Lipinski definition) is 0. The fourth-order valence-electron chi connectivity index (χ4n) is 3.02. The van der Waals surface area contributed by atoms with Gasteiger partial charge in [-0.05, 0) is 30.3 Å². The smallest absolute Gasteiger partial charge is 0.416 e. The fraction of sp³-hybridized carbons (Fsp3) is 0.190. The first-order chi connectivity index (χ1) is 15.6. The molecule has 2 aromatic carbocycles. The van der Waals surface area contributed by atoms with E-state index in [1.54, 1.807) is 5.38 Å². The molecular weight excluding hydrogens is 485 g/mol. The summed E-state index contributed by atoms with van der Waals surface area (Å²) in [6.07, 6.45) is -4.56. The minimum atomic E-state index is -4.56. The van der Waals surface area contributed by atoms with Crippen LogP contribution in [0.5, 0.6) is 11.5 Å². The number of fused-ring (bicyclic) bond motifs is 1. The summed E-state index contributed by atoms with van der Waals surface area (Å²) < 4.78 is 54.9. The highest BCUT2D eigenvalue weighted by Gasteiger charge is 2.31. The van der Waals surface area contributed by atoms with Crippen molar-refractivity contribution in [1.29, 1.82) is 0 Å². The molecule has 1 amide bonds. The Kier molecular flexibility index (Phi) is 6.17. The highest BCUT2D eigenvalue weighted by atomic mass is 35.5. The summed E-state index contributed by atoms with van der Waals surface area (Å²) in [6.45, 7) is 0.980. The van der Waals surface area contributed by atoms with Crippen LogP contribution in [0.3, 0.4) is 0 Å². The molecule has 0 atom stereocenters. The number of nitrogens with zero attached hydrogens (tertiary/aromatic N) is 2. The van der Waals surface area contributed by atoms with Gasteiger partial charge in [0, 0.05) is 12.3 Å². The minimum absolute atomic E-state index is 0.00627. The second kappa shape index (κ2) is 8.91. The standard InChI is InChI=1S/C21H14ClF3N2O5S/c1-11(28)27(15-4-2-3-13(7-15)21(23,24)25)20-26-14(9-33-20)8-30-19(29)12-5-16(22)18-17(6-12)31-10-32-18/h2-7,9H,8,10H2,1H3. The van der Waals surface area contributed by atoms with Crippen molar-refractivity contribution < 1.29 is 37.0 Å². The molecule has 7 nitrogen and oxygen atoms in total. The number of benzene rings is 2. The van der Waals surface area contributed by atoms with Crippen LogP contribution < -0.4 is 14.4 Å². The van der Waals surface area contributed by atoms with Crippen molar-refractivity contribution in [2.24, 2.45) is 0 Å². The van der Waals surface area contributed by atoms with Crippen molar-refractivity contribution in [1.82, 2.24) is 4.98 Å². The van der Waals surface area contributed by atoms with Crippen molar-refractivity contribution in [2.45, 2.75) is 19.7 Å². The molecule has 12 heteroatoms. The van der Waals surface area contributed by atoms with E-state index in [2.05, 4.69) is 4.98 Å². The van der Waals surface area contributed by atoms with Gasteiger partial charge in [0.2, 0.25) is 12.7 Å². The van der Waals surface area contributed by atoms with E-state index in [1.807, 2.05) is 0 Å². The molecule has 2 heterocycles. The number of anilines is 2. The maximum absolute atomic E-state index is 13.1. The Morgan fingerprint density at radius 3 is 2.76 bits per heavy atom. The summed E-state index contributed by atoms with van der Waals surface area (Å²) in [5.74, 6) is -0.548. The highest BCUT2D eigenvalue weighted by Crippen LogP contribution is 2.40. The molecule has 0 aliphatic carbocycles. The lowest BCUT2D eigenvalue weighted by Gasteiger charge is -2.19. The lowest BCUT2D eigenvalue weighted by Crippen LogP contribution is -2.23. The predicted octanol–water partition coefficient (Wildman–Crippen LogP) is 5.59. The highest BCUT2D eigenvalue weighted by molar-refractivity contribution is 7.14. The van der Waals surface area contributed by atoms with Gasteiger partial charge in [0.25, 0.3) is 0 Å². The number of carbonyl (C=O) groups excluding carboxylic acids is 2. The zero-order chi connectivity index (χ0) is 23.8. The van der Waals surface area contributed by atoms with Gasteiger partial charge in [0.1, 0.15) is 6.61 Å². The number of amides is 1. The normalized spacial score (nSPS) is 12.5. The van der Waals surface area contributed by atoms with Gasteiger partial charge >= 0.3 is 12.1 Å². The van der Waals surface area contributed by atoms with E-state index in [9.17, 15) is 22.8 Å².